The number of nitrogens with one attached hydrogen (secondary N) is 3. The van der Waals surface area contributed by atoms with Crippen molar-refractivity contribution in [2.75, 3.05) is 25.5 Å². The van der Waals surface area contributed by atoms with E-state index in [0.717, 1.165) is 24.3 Å². The topological polar surface area (TPSA) is 53.2 Å². The molecule has 16 heavy (non-hydrogen) atoms. The van der Waals surface area contributed by atoms with E-state index in [-0.39, 0.29) is 5.91 Å². The Labute approximate surface area is 95.4 Å². The van der Waals surface area contributed by atoms with Gasteiger partial charge in [0.25, 0.3) is 5.91 Å². The van der Waals surface area contributed by atoms with Gasteiger partial charge in [0.05, 0.1) is 6.04 Å². The minimum absolute atomic E-state index is 0.0417. The smallest absolute Gasteiger partial charge is 0.251 e. The van der Waals surface area contributed by atoms with Gasteiger partial charge in [0.2, 0.25) is 0 Å². The minimum Gasteiger partial charge on any atom is -0.380 e. The van der Waals surface area contributed by atoms with Gasteiger partial charge in [0.15, 0.2) is 0 Å². The molecular weight excluding hydrogens is 202 g/mol. The zero-order valence-corrected chi connectivity index (χ0v) is 9.63. The predicted octanol–water partition coefficient (Wildman–Crippen LogP) is 0.738. The van der Waals surface area contributed by atoms with Gasteiger partial charge in [-0.3, -0.25) is 4.79 Å². The molecule has 0 spiro atoms. The van der Waals surface area contributed by atoms with E-state index in [1.165, 1.54) is 0 Å². The maximum atomic E-state index is 11.4. The van der Waals surface area contributed by atoms with Crippen molar-refractivity contribution in [2.45, 2.75) is 13.0 Å². The summed E-state index contributed by atoms with van der Waals surface area (Å²) >= 11 is 0. The molecule has 1 saturated heterocycles. The third-order valence-corrected chi connectivity index (χ3v) is 2.86. The molecule has 86 valence electrons. The van der Waals surface area contributed by atoms with Gasteiger partial charge < -0.3 is 16.0 Å². The Morgan fingerprint density at radius 1 is 1.44 bits per heavy atom. The van der Waals surface area contributed by atoms with Crippen molar-refractivity contribution in [1.82, 2.24) is 10.6 Å². The highest BCUT2D eigenvalue weighted by Gasteiger charge is 2.16. The number of amides is 1. The van der Waals surface area contributed by atoms with Crippen molar-refractivity contribution in [3.8, 4) is 0 Å². The second-order valence-corrected chi connectivity index (χ2v) is 4.11. The Hall–Kier alpha value is -1.55. The highest BCUT2D eigenvalue weighted by atomic mass is 16.1. The summed E-state index contributed by atoms with van der Waals surface area (Å²) in [5.74, 6) is -0.0417. The van der Waals surface area contributed by atoms with Crippen LogP contribution >= 0.6 is 0 Å². The van der Waals surface area contributed by atoms with Crippen molar-refractivity contribution in [1.29, 1.82) is 0 Å². The van der Waals surface area contributed by atoms with E-state index in [0.29, 0.717) is 11.6 Å². The molecule has 0 bridgehead atoms. The van der Waals surface area contributed by atoms with E-state index in [1.54, 1.807) is 7.05 Å². The summed E-state index contributed by atoms with van der Waals surface area (Å²) in [5.41, 5.74) is 2.92. The fourth-order valence-electron chi connectivity index (χ4n) is 1.72. The number of benzene rings is 1. The van der Waals surface area contributed by atoms with Crippen LogP contribution in [0.4, 0.5) is 5.69 Å². The molecule has 1 heterocycles. The fourth-order valence-corrected chi connectivity index (χ4v) is 1.72. The Bertz CT molecular complexity index is 399. The Morgan fingerprint density at radius 2 is 2.19 bits per heavy atom. The molecule has 0 aromatic heterocycles. The number of hydrogen-bond acceptors (Lipinski definition) is 3. The first-order chi connectivity index (χ1) is 7.70. The molecule has 4 heteroatoms. The summed E-state index contributed by atoms with van der Waals surface area (Å²) in [6, 6.07) is 6.25. The summed E-state index contributed by atoms with van der Waals surface area (Å²) in [6.07, 6.45) is 0. The summed E-state index contributed by atoms with van der Waals surface area (Å²) in [4.78, 5) is 11.4. The van der Waals surface area contributed by atoms with Crippen LogP contribution in [0.25, 0.3) is 0 Å². The number of hydrogen-bond donors (Lipinski definition) is 3. The molecule has 3 N–H and O–H groups in total. The zero-order valence-electron chi connectivity index (χ0n) is 9.63. The van der Waals surface area contributed by atoms with E-state index in [9.17, 15) is 4.79 Å². The lowest BCUT2D eigenvalue weighted by Gasteiger charge is -2.29. The van der Waals surface area contributed by atoms with Crippen molar-refractivity contribution in [3.05, 3.63) is 29.3 Å². The van der Waals surface area contributed by atoms with Crippen molar-refractivity contribution >= 4 is 11.6 Å². The van der Waals surface area contributed by atoms with Gasteiger partial charge in [-0.25, -0.2) is 0 Å². The van der Waals surface area contributed by atoms with E-state index in [1.807, 2.05) is 25.1 Å². The average molecular weight is 219 g/mol. The minimum atomic E-state index is -0.0417. The standard InChI is InChI=1S/C12H17N3O/c1-8-5-9(12(16)13-2)3-4-11(8)15-10-6-14-7-10/h3-5,10,14-15H,6-7H2,1-2H3,(H,13,16). The number of rotatable bonds is 3. The summed E-state index contributed by atoms with van der Waals surface area (Å²) < 4.78 is 0. The molecule has 1 aliphatic rings. The maximum Gasteiger partial charge on any atom is 0.251 e. The van der Waals surface area contributed by atoms with Gasteiger partial charge in [0, 0.05) is 31.4 Å². The second-order valence-electron chi connectivity index (χ2n) is 4.11. The summed E-state index contributed by atoms with van der Waals surface area (Å²) in [7, 11) is 1.64. The Balaban J connectivity index is 2.12. The molecule has 0 aliphatic carbocycles. The van der Waals surface area contributed by atoms with Gasteiger partial charge >= 0.3 is 0 Å². The molecule has 4 nitrogen and oxygen atoms in total. The monoisotopic (exact) mass is 219 g/mol. The first-order valence-electron chi connectivity index (χ1n) is 5.50. The van der Waals surface area contributed by atoms with Gasteiger partial charge in [-0.15, -0.1) is 0 Å². The fraction of sp³-hybridized carbons (Fsp3) is 0.417. The zero-order chi connectivity index (χ0) is 11.5. The maximum absolute atomic E-state index is 11.4. The van der Waals surface area contributed by atoms with Crippen molar-refractivity contribution in [3.63, 3.8) is 0 Å². The van der Waals surface area contributed by atoms with E-state index in [2.05, 4.69) is 16.0 Å². The van der Waals surface area contributed by atoms with Crippen LogP contribution in [0.1, 0.15) is 15.9 Å². The highest BCUT2D eigenvalue weighted by molar-refractivity contribution is 5.94. The van der Waals surface area contributed by atoms with Crippen LogP contribution in [-0.4, -0.2) is 32.1 Å². The average Bonchev–Trinajstić information content (AvgIpc) is 2.23. The van der Waals surface area contributed by atoms with Crippen LogP contribution < -0.4 is 16.0 Å². The third-order valence-electron chi connectivity index (χ3n) is 2.86. The van der Waals surface area contributed by atoms with Crippen molar-refractivity contribution in [2.24, 2.45) is 0 Å². The molecule has 2 rings (SSSR count). The second kappa shape index (κ2) is 4.53. The van der Waals surface area contributed by atoms with Crippen LogP contribution in [-0.2, 0) is 0 Å². The van der Waals surface area contributed by atoms with Gasteiger partial charge in [-0.1, -0.05) is 0 Å². The van der Waals surface area contributed by atoms with Crippen LogP contribution in [0.3, 0.4) is 0 Å². The molecule has 0 radical (unpaired) electrons. The number of aryl methyl sites for hydroxylation is 1. The molecule has 0 unspecified atom stereocenters. The van der Waals surface area contributed by atoms with Crippen LogP contribution in [0.15, 0.2) is 18.2 Å². The lowest BCUT2D eigenvalue weighted by Crippen LogP contribution is -2.51. The number of carbonyl (C=O) groups is 1. The van der Waals surface area contributed by atoms with Crippen molar-refractivity contribution < 1.29 is 4.79 Å². The molecule has 1 aromatic carbocycles. The van der Waals surface area contributed by atoms with E-state index >= 15 is 0 Å². The highest BCUT2D eigenvalue weighted by Crippen LogP contribution is 2.18. The molecule has 0 saturated carbocycles. The van der Waals surface area contributed by atoms with Gasteiger partial charge in [0.1, 0.15) is 0 Å². The summed E-state index contributed by atoms with van der Waals surface area (Å²) in [5, 5.41) is 9.27. The normalized spacial score (nSPS) is 15.4. The first kappa shape index (κ1) is 11.0. The largest absolute Gasteiger partial charge is 0.380 e. The van der Waals surface area contributed by atoms with Gasteiger partial charge in [-0.05, 0) is 30.7 Å². The SMILES string of the molecule is CNC(=O)c1ccc(NC2CNC2)c(C)c1. The number of anilines is 1. The quantitative estimate of drug-likeness (QED) is 0.703. The summed E-state index contributed by atoms with van der Waals surface area (Å²) in [6.45, 7) is 4.04. The first-order valence-corrected chi connectivity index (χ1v) is 5.50. The van der Waals surface area contributed by atoms with Crippen LogP contribution in [0.5, 0.6) is 0 Å². The Morgan fingerprint density at radius 3 is 2.69 bits per heavy atom. The van der Waals surface area contributed by atoms with E-state index in [4.69, 9.17) is 0 Å². The molecule has 1 aromatic rings. The Kier molecular flexibility index (Phi) is 3.10. The molecule has 1 amide bonds. The lowest BCUT2D eigenvalue weighted by atomic mass is 10.1. The molecule has 1 aliphatic heterocycles. The van der Waals surface area contributed by atoms with E-state index < -0.39 is 0 Å². The molecule has 1 fully saturated rings. The third kappa shape index (κ3) is 2.17. The molecular formula is C12H17N3O. The van der Waals surface area contributed by atoms with Crippen LogP contribution in [0, 0.1) is 6.92 Å². The lowest BCUT2D eigenvalue weighted by molar-refractivity contribution is 0.0963. The number of carbonyl (C=O) groups excluding carboxylic acids is 1. The van der Waals surface area contributed by atoms with Crippen LogP contribution in [0.2, 0.25) is 0 Å². The predicted molar refractivity (Wildman–Crippen MR) is 64.8 cm³/mol. The van der Waals surface area contributed by atoms with Gasteiger partial charge in [-0.2, -0.15) is 0 Å². The molecule has 0 atom stereocenters.